The Balaban J connectivity index is 0.00000289. The number of fused-ring (bicyclic) bond motifs is 1. The molecule has 4 nitrogen and oxygen atoms in total. The second-order valence-electron chi connectivity index (χ2n) is 8.02. The van der Waals surface area contributed by atoms with Gasteiger partial charge in [-0.1, -0.05) is 53.9 Å². The van der Waals surface area contributed by atoms with E-state index < -0.39 is 0 Å². The SMILES string of the molecule is CC#C[C@@H](CC1=NN=NC1)c1ccc(OCc2ccc3scc(-c4ccccc4Cl)c3c2)cc1.S. The number of halogens is 1. The van der Waals surface area contributed by atoms with E-state index >= 15 is 0 Å². The highest BCUT2D eigenvalue weighted by atomic mass is 35.5. The minimum atomic E-state index is 0. The van der Waals surface area contributed by atoms with E-state index in [9.17, 15) is 0 Å². The van der Waals surface area contributed by atoms with Crippen LogP contribution in [-0.4, -0.2) is 12.3 Å². The van der Waals surface area contributed by atoms with E-state index in [1.165, 1.54) is 10.1 Å². The number of nitrogens with zero attached hydrogens (tertiary/aromatic N) is 3. The van der Waals surface area contributed by atoms with Crippen LogP contribution in [0.15, 0.2) is 87.5 Å². The predicted octanol–water partition coefficient (Wildman–Crippen LogP) is 8.23. The van der Waals surface area contributed by atoms with Crippen LogP contribution in [-0.2, 0) is 6.61 Å². The van der Waals surface area contributed by atoms with Crippen molar-refractivity contribution < 1.29 is 4.74 Å². The molecule has 0 spiro atoms. The van der Waals surface area contributed by atoms with Gasteiger partial charge in [0.25, 0.3) is 0 Å². The van der Waals surface area contributed by atoms with Crippen LogP contribution in [0.2, 0.25) is 5.02 Å². The molecule has 0 saturated heterocycles. The van der Waals surface area contributed by atoms with Crippen molar-refractivity contribution in [1.82, 2.24) is 0 Å². The molecule has 3 aromatic carbocycles. The van der Waals surface area contributed by atoms with Crippen molar-refractivity contribution in [3.63, 3.8) is 0 Å². The molecule has 0 N–H and O–H groups in total. The van der Waals surface area contributed by atoms with Gasteiger partial charge < -0.3 is 4.74 Å². The van der Waals surface area contributed by atoms with Crippen LogP contribution in [0, 0.1) is 11.8 Å². The van der Waals surface area contributed by atoms with Crippen molar-refractivity contribution >= 4 is 52.2 Å². The van der Waals surface area contributed by atoms with Crippen LogP contribution in [0.1, 0.15) is 30.4 Å². The maximum Gasteiger partial charge on any atom is 0.119 e. The van der Waals surface area contributed by atoms with Gasteiger partial charge in [0.15, 0.2) is 0 Å². The van der Waals surface area contributed by atoms with Gasteiger partial charge in [0.2, 0.25) is 0 Å². The number of hydrogen-bond donors (Lipinski definition) is 0. The summed E-state index contributed by atoms with van der Waals surface area (Å²) in [7, 11) is 0. The smallest absolute Gasteiger partial charge is 0.119 e. The first-order chi connectivity index (χ1) is 16.7. The van der Waals surface area contributed by atoms with E-state index in [-0.39, 0.29) is 19.4 Å². The van der Waals surface area contributed by atoms with Crippen molar-refractivity contribution in [1.29, 1.82) is 0 Å². The molecule has 0 saturated carbocycles. The van der Waals surface area contributed by atoms with Crippen LogP contribution in [0.4, 0.5) is 0 Å². The van der Waals surface area contributed by atoms with E-state index in [2.05, 4.69) is 69.1 Å². The molecule has 1 aliphatic heterocycles. The lowest BCUT2D eigenvalue weighted by Gasteiger charge is -2.12. The quantitative estimate of drug-likeness (QED) is 0.228. The minimum absolute atomic E-state index is 0. The molecule has 0 radical (unpaired) electrons. The highest BCUT2D eigenvalue weighted by molar-refractivity contribution is 7.59. The van der Waals surface area contributed by atoms with Gasteiger partial charge in [0.1, 0.15) is 18.9 Å². The maximum atomic E-state index is 6.45. The van der Waals surface area contributed by atoms with E-state index in [0.717, 1.165) is 45.2 Å². The summed E-state index contributed by atoms with van der Waals surface area (Å²) in [6.07, 6.45) is 0.739. The number of ether oxygens (including phenoxy) is 1. The molecule has 35 heavy (non-hydrogen) atoms. The molecule has 7 heteroatoms. The zero-order valence-corrected chi connectivity index (χ0v) is 21.7. The second-order valence-corrected chi connectivity index (χ2v) is 9.34. The van der Waals surface area contributed by atoms with Gasteiger partial charge in [0, 0.05) is 32.7 Å². The summed E-state index contributed by atoms with van der Waals surface area (Å²) in [6.45, 7) is 2.91. The Morgan fingerprint density at radius 3 is 2.63 bits per heavy atom. The largest absolute Gasteiger partial charge is 0.489 e. The number of thiophene rings is 1. The van der Waals surface area contributed by atoms with E-state index in [1.54, 1.807) is 11.3 Å². The van der Waals surface area contributed by atoms with Crippen molar-refractivity contribution in [3.8, 4) is 28.7 Å². The lowest BCUT2D eigenvalue weighted by molar-refractivity contribution is 0.306. The van der Waals surface area contributed by atoms with Crippen LogP contribution in [0.25, 0.3) is 21.2 Å². The summed E-state index contributed by atoms with van der Waals surface area (Å²) in [5.74, 6) is 7.21. The predicted molar refractivity (Wildman–Crippen MR) is 151 cm³/mol. The van der Waals surface area contributed by atoms with Gasteiger partial charge in [-0.25, -0.2) is 0 Å². The van der Waals surface area contributed by atoms with Crippen molar-refractivity contribution in [2.45, 2.75) is 25.9 Å². The lowest BCUT2D eigenvalue weighted by Crippen LogP contribution is -2.07. The van der Waals surface area contributed by atoms with Crippen molar-refractivity contribution in [3.05, 3.63) is 88.3 Å². The molecule has 4 aromatic rings. The summed E-state index contributed by atoms with van der Waals surface area (Å²) < 4.78 is 7.34. The monoisotopic (exact) mass is 517 g/mol. The first-order valence-corrected chi connectivity index (χ1v) is 12.3. The van der Waals surface area contributed by atoms with Crippen molar-refractivity contribution in [2.24, 2.45) is 15.4 Å². The standard InChI is InChI=1S/C28H22ClN3OS.H2S/c1-2-5-21(15-22-16-30-32-31-22)20-9-11-23(12-10-20)33-17-19-8-13-28-25(14-19)26(18-34-28)24-6-3-4-7-27(24)29;/h3-4,6-14,18,21H,15-17H2,1H3;1H2/t21-;/m0./s1. The van der Waals surface area contributed by atoms with E-state index in [4.69, 9.17) is 16.3 Å². The zero-order valence-electron chi connectivity index (χ0n) is 19.2. The Morgan fingerprint density at radius 1 is 1.06 bits per heavy atom. The van der Waals surface area contributed by atoms with Gasteiger partial charge in [0.05, 0.1) is 11.6 Å². The fourth-order valence-corrected chi connectivity index (χ4v) is 5.20. The summed E-state index contributed by atoms with van der Waals surface area (Å²) in [5, 5.41) is 15.9. The normalized spacial score (nSPS) is 13.0. The highest BCUT2D eigenvalue weighted by Crippen LogP contribution is 2.38. The van der Waals surface area contributed by atoms with Crippen LogP contribution in [0.3, 0.4) is 0 Å². The molecule has 0 fully saturated rings. The third-order valence-electron chi connectivity index (χ3n) is 5.75. The summed E-state index contributed by atoms with van der Waals surface area (Å²) in [5.41, 5.74) is 5.44. The fraction of sp³-hybridized carbons (Fsp3) is 0.179. The fourth-order valence-electron chi connectivity index (χ4n) is 4.02. The third kappa shape index (κ3) is 5.76. The highest BCUT2D eigenvalue weighted by Gasteiger charge is 2.15. The summed E-state index contributed by atoms with van der Waals surface area (Å²) in [4.78, 5) is 0. The maximum absolute atomic E-state index is 6.45. The average Bonchev–Trinajstić information content (AvgIpc) is 3.53. The molecular weight excluding hydrogens is 494 g/mol. The van der Waals surface area contributed by atoms with Gasteiger partial charge in [-0.05, 0) is 59.0 Å². The third-order valence-corrected chi connectivity index (χ3v) is 7.04. The molecule has 2 heterocycles. The summed E-state index contributed by atoms with van der Waals surface area (Å²) >= 11 is 8.18. The van der Waals surface area contributed by atoms with E-state index in [0.29, 0.717) is 13.2 Å². The molecule has 0 bridgehead atoms. The molecule has 0 amide bonds. The first kappa shape index (κ1) is 25.0. The molecule has 1 atom stereocenters. The Labute approximate surface area is 221 Å². The second kappa shape index (κ2) is 11.5. The van der Waals surface area contributed by atoms with E-state index in [1.807, 2.05) is 37.3 Å². The molecule has 0 unspecified atom stereocenters. The lowest BCUT2D eigenvalue weighted by atomic mass is 9.94. The molecule has 1 aromatic heterocycles. The average molecular weight is 518 g/mol. The van der Waals surface area contributed by atoms with Crippen LogP contribution >= 0.6 is 36.4 Å². The Bertz CT molecular complexity index is 1450. The molecule has 176 valence electrons. The number of benzene rings is 3. The Kier molecular flexibility index (Phi) is 8.25. The zero-order chi connectivity index (χ0) is 23.3. The van der Waals surface area contributed by atoms with Crippen molar-refractivity contribution in [2.75, 3.05) is 6.54 Å². The molecule has 1 aliphatic rings. The van der Waals surface area contributed by atoms with Gasteiger partial charge in [-0.2, -0.15) is 18.6 Å². The molecular formula is C28H24ClN3OS2. The number of rotatable bonds is 7. The first-order valence-electron chi connectivity index (χ1n) is 11.0. The van der Waals surface area contributed by atoms with Gasteiger partial charge >= 0.3 is 0 Å². The van der Waals surface area contributed by atoms with Crippen LogP contribution in [0.5, 0.6) is 5.75 Å². The van der Waals surface area contributed by atoms with Gasteiger partial charge in [-0.3, -0.25) is 0 Å². The minimum Gasteiger partial charge on any atom is -0.489 e. The number of hydrogen-bond acceptors (Lipinski definition) is 5. The van der Waals surface area contributed by atoms with Crippen LogP contribution < -0.4 is 4.74 Å². The topological polar surface area (TPSA) is 46.3 Å². The summed E-state index contributed by atoms with van der Waals surface area (Å²) in [6, 6.07) is 22.6. The molecule has 0 aliphatic carbocycles. The Morgan fingerprint density at radius 2 is 1.89 bits per heavy atom. The van der Waals surface area contributed by atoms with Gasteiger partial charge in [-0.15, -0.1) is 22.4 Å². The Hall–Kier alpha value is -3.11. The molecule has 5 rings (SSSR count).